The van der Waals surface area contributed by atoms with E-state index in [0.717, 1.165) is 19.4 Å². The number of ether oxygens (including phenoxy) is 2. The Labute approximate surface area is 77.1 Å². The first-order chi connectivity index (χ1) is 6.24. The van der Waals surface area contributed by atoms with Crippen molar-refractivity contribution in [1.29, 1.82) is 0 Å². The molecule has 0 aromatic rings. The van der Waals surface area contributed by atoms with Gasteiger partial charge >= 0.3 is 5.97 Å². The van der Waals surface area contributed by atoms with Crippen LogP contribution in [0.5, 0.6) is 0 Å². The third-order valence-corrected chi connectivity index (χ3v) is 1.90. The molecule has 4 heteroatoms. The fourth-order valence-corrected chi connectivity index (χ4v) is 1.11. The molecular formula is C9H14O4. The molecule has 0 aromatic heterocycles. The van der Waals surface area contributed by atoms with Crippen molar-refractivity contribution in [3.05, 3.63) is 12.2 Å². The van der Waals surface area contributed by atoms with Crippen LogP contribution in [-0.2, 0) is 14.3 Å². The van der Waals surface area contributed by atoms with Gasteiger partial charge in [-0.15, -0.1) is 0 Å². The van der Waals surface area contributed by atoms with Gasteiger partial charge in [0.2, 0.25) is 0 Å². The molecule has 0 bridgehead atoms. The lowest BCUT2D eigenvalue weighted by Gasteiger charge is -2.10. The molecule has 4 nitrogen and oxygen atoms in total. The fourth-order valence-electron chi connectivity index (χ4n) is 1.11. The van der Waals surface area contributed by atoms with Crippen molar-refractivity contribution in [1.82, 2.24) is 0 Å². The molecule has 1 fully saturated rings. The second-order valence-corrected chi connectivity index (χ2v) is 3.00. The molecule has 1 N–H and O–H groups in total. The lowest BCUT2D eigenvalue weighted by atomic mass is 10.2. The topological polar surface area (TPSA) is 55.8 Å². The first kappa shape index (κ1) is 10.2. The molecule has 1 aliphatic heterocycles. The zero-order valence-electron chi connectivity index (χ0n) is 7.49. The summed E-state index contributed by atoms with van der Waals surface area (Å²) in [5.41, 5.74) is 0.0815. The number of carbonyl (C=O) groups is 1. The molecule has 1 aliphatic rings. The normalized spacial score (nSPS) is 21.5. The second kappa shape index (κ2) is 4.99. The van der Waals surface area contributed by atoms with Crippen LogP contribution in [0, 0.1) is 0 Å². The molecule has 1 unspecified atom stereocenters. The fraction of sp³-hybridized carbons (Fsp3) is 0.667. The van der Waals surface area contributed by atoms with E-state index in [1.807, 2.05) is 0 Å². The van der Waals surface area contributed by atoms with Crippen LogP contribution in [0.4, 0.5) is 0 Å². The van der Waals surface area contributed by atoms with Crippen LogP contribution in [-0.4, -0.2) is 37.0 Å². The van der Waals surface area contributed by atoms with Crippen LogP contribution in [0.15, 0.2) is 12.2 Å². The van der Waals surface area contributed by atoms with Crippen molar-refractivity contribution in [2.45, 2.75) is 18.9 Å². The molecule has 0 saturated carbocycles. The molecule has 13 heavy (non-hydrogen) atoms. The first-order valence-electron chi connectivity index (χ1n) is 4.31. The molecular weight excluding hydrogens is 172 g/mol. The number of hydrogen-bond donors (Lipinski definition) is 1. The van der Waals surface area contributed by atoms with E-state index >= 15 is 0 Å². The van der Waals surface area contributed by atoms with Crippen molar-refractivity contribution in [2.24, 2.45) is 0 Å². The molecule has 1 heterocycles. The number of esters is 1. The maximum absolute atomic E-state index is 11.0. The monoisotopic (exact) mass is 186 g/mol. The Morgan fingerprint density at radius 2 is 2.46 bits per heavy atom. The van der Waals surface area contributed by atoms with E-state index in [-0.39, 0.29) is 24.9 Å². The minimum Gasteiger partial charge on any atom is -0.460 e. The minimum atomic E-state index is -0.544. The number of carbonyl (C=O) groups excluding carboxylic acids is 1. The van der Waals surface area contributed by atoms with Crippen LogP contribution >= 0.6 is 0 Å². The van der Waals surface area contributed by atoms with Gasteiger partial charge in [-0.2, -0.15) is 0 Å². The van der Waals surface area contributed by atoms with Crippen molar-refractivity contribution in [3.8, 4) is 0 Å². The van der Waals surface area contributed by atoms with Gasteiger partial charge in [0.1, 0.15) is 6.61 Å². The highest BCUT2D eigenvalue weighted by Gasteiger charge is 2.17. The zero-order chi connectivity index (χ0) is 9.68. The highest BCUT2D eigenvalue weighted by atomic mass is 16.6. The van der Waals surface area contributed by atoms with Gasteiger partial charge in [0.05, 0.1) is 18.3 Å². The van der Waals surface area contributed by atoms with Gasteiger partial charge < -0.3 is 14.6 Å². The maximum atomic E-state index is 11.0. The van der Waals surface area contributed by atoms with E-state index in [9.17, 15) is 4.79 Å². The van der Waals surface area contributed by atoms with Gasteiger partial charge in [-0.3, -0.25) is 0 Å². The van der Waals surface area contributed by atoms with Crippen LogP contribution in [0.1, 0.15) is 12.8 Å². The number of aliphatic hydroxyl groups excluding tert-OH is 1. The summed E-state index contributed by atoms with van der Waals surface area (Å²) in [5.74, 6) is -0.544. The van der Waals surface area contributed by atoms with E-state index in [1.165, 1.54) is 0 Å². The van der Waals surface area contributed by atoms with Crippen molar-refractivity contribution < 1.29 is 19.4 Å². The van der Waals surface area contributed by atoms with Crippen molar-refractivity contribution >= 4 is 5.97 Å². The van der Waals surface area contributed by atoms with Crippen molar-refractivity contribution in [3.63, 3.8) is 0 Å². The Hall–Kier alpha value is -0.870. The maximum Gasteiger partial charge on any atom is 0.335 e. The van der Waals surface area contributed by atoms with E-state index in [2.05, 4.69) is 6.58 Å². The third-order valence-electron chi connectivity index (χ3n) is 1.90. The quantitative estimate of drug-likeness (QED) is 0.505. The summed E-state index contributed by atoms with van der Waals surface area (Å²) in [5, 5.41) is 8.57. The first-order valence-corrected chi connectivity index (χ1v) is 4.31. The van der Waals surface area contributed by atoms with Crippen LogP contribution in [0.25, 0.3) is 0 Å². The highest BCUT2D eigenvalue weighted by molar-refractivity contribution is 5.87. The summed E-state index contributed by atoms with van der Waals surface area (Å²) in [6, 6.07) is 0. The molecule has 1 atom stereocenters. The molecule has 0 aromatic carbocycles. The van der Waals surface area contributed by atoms with E-state index in [1.54, 1.807) is 0 Å². The van der Waals surface area contributed by atoms with Crippen LogP contribution in [0.3, 0.4) is 0 Å². The number of aliphatic hydroxyl groups is 1. The van der Waals surface area contributed by atoms with Gasteiger partial charge in [-0.25, -0.2) is 4.79 Å². The Morgan fingerprint density at radius 1 is 1.69 bits per heavy atom. The lowest BCUT2D eigenvalue weighted by Crippen LogP contribution is -2.19. The van der Waals surface area contributed by atoms with Gasteiger partial charge in [0.25, 0.3) is 0 Å². The average Bonchev–Trinajstić information content (AvgIpc) is 2.65. The zero-order valence-corrected chi connectivity index (χ0v) is 7.49. The smallest absolute Gasteiger partial charge is 0.335 e. The van der Waals surface area contributed by atoms with Crippen molar-refractivity contribution in [2.75, 3.05) is 19.8 Å². The Kier molecular flexibility index (Phi) is 3.92. The predicted molar refractivity (Wildman–Crippen MR) is 46.2 cm³/mol. The average molecular weight is 186 g/mol. The standard InChI is InChI=1S/C9H14O4/c1-7(5-10)9(11)13-6-8-3-2-4-12-8/h8,10H,1-6H2. The molecule has 0 aliphatic carbocycles. The van der Waals surface area contributed by atoms with Crippen LogP contribution < -0.4 is 0 Å². The van der Waals surface area contributed by atoms with Gasteiger partial charge in [0, 0.05) is 6.61 Å². The van der Waals surface area contributed by atoms with E-state index in [0.29, 0.717) is 0 Å². The summed E-state index contributed by atoms with van der Waals surface area (Å²) in [7, 11) is 0. The summed E-state index contributed by atoms with van der Waals surface area (Å²) < 4.78 is 10.1. The molecule has 0 spiro atoms. The summed E-state index contributed by atoms with van der Waals surface area (Å²) in [6.07, 6.45) is 1.97. The Bertz CT molecular complexity index is 194. The van der Waals surface area contributed by atoms with Gasteiger partial charge in [-0.1, -0.05) is 6.58 Å². The molecule has 1 rings (SSSR count). The number of rotatable bonds is 4. The molecule has 74 valence electrons. The Balaban J connectivity index is 2.17. The molecule has 1 saturated heterocycles. The van der Waals surface area contributed by atoms with Crippen LogP contribution in [0.2, 0.25) is 0 Å². The lowest BCUT2D eigenvalue weighted by molar-refractivity contribution is -0.142. The highest BCUT2D eigenvalue weighted by Crippen LogP contribution is 2.12. The van der Waals surface area contributed by atoms with E-state index in [4.69, 9.17) is 14.6 Å². The summed E-state index contributed by atoms with van der Waals surface area (Å²) in [4.78, 5) is 11.0. The predicted octanol–water partition coefficient (Wildman–Crippen LogP) is 0.257. The summed E-state index contributed by atoms with van der Waals surface area (Å²) in [6.45, 7) is 4.00. The second-order valence-electron chi connectivity index (χ2n) is 3.00. The Morgan fingerprint density at radius 3 is 3.00 bits per heavy atom. The van der Waals surface area contributed by atoms with E-state index < -0.39 is 5.97 Å². The summed E-state index contributed by atoms with van der Waals surface area (Å²) >= 11 is 0. The molecule has 0 amide bonds. The minimum absolute atomic E-state index is 0.0236. The SMILES string of the molecule is C=C(CO)C(=O)OCC1CCCO1. The number of hydrogen-bond acceptors (Lipinski definition) is 4. The van der Waals surface area contributed by atoms with Gasteiger partial charge in [-0.05, 0) is 12.8 Å². The molecule has 0 radical (unpaired) electrons. The largest absolute Gasteiger partial charge is 0.460 e. The van der Waals surface area contributed by atoms with Gasteiger partial charge in [0.15, 0.2) is 0 Å². The third kappa shape index (κ3) is 3.16.